The SMILES string of the molecule is O=C(N1CCN(C(c2ccccc2)c2ccccc2)CC1)C(F)(F)C(F)(F)C(F)(F)C(F)(F)C(=O)N1CCN(C(c2ccccc2)c2ccccc2)CC1. The second kappa shape index (κ2) is 15.5. The van der Waals surface area contributed by atoms with Gasteiger partial charge in [-0.05, 0) is 22.3 Å². The number of nitrogens with zero attached hydrogens (tertiary/aromatic N) is 4. The fraction of sp³-hybridized carbons (Fsp3) is 0.350. The van der Waals surface area contributed by atoms with Gasteiger partial charge in [0, 0.05) is 52.4 Å². The summed E-state index contributed by atoms with van der Waals surface area (Å²) in [6.45, 7) is -2.75. The molecule has 2 amide bonds. The zero-order valence-corrected chi connectivity index (χ0v) is 29.0. The third kappa shape index (κ3) is 7.20. The van der Waals surface area contributed by atoms with E-state index in [4.69, 9.17) is 0 Å². The molecule has 2 heterocycles. The molecule has 54 heavy (non-hydrogen) atoms. The van der Waals surface area contributed by atoms with E-state index in [1.165, 1.54) is 0 Å². The van der Waals surface area contributed by atoms with E-state index in [0.29, 0.717) is 0 Å². The summed E-state index contributed by atoms with van der Waals surface area (Å²) < 4.78 is 122. The maximum Gasteiger partial charge on any atom is 0.392 e. The first-order chi connectivity index (χ1) is 25.7. The minimum Gasteiger partial charge on any atom is -0.335 e. The van der Waals surface area contributed by atoms with Crippen molar-refractivity contribution in [3.8, 4) is 0 Å². The van der Waals surface area contributed by atoms with Gasteiger partial charge in [-0.25, -0.2) is 0 Å². The molecule has 0 atom stereocenters. The fourth-order valence-electron chi connectivity index (χ4n) is 7.20. The van der Waals surface area contributed by atoms with Crippen molar-refractivity contribution in [1.29, 1.82) is 0 Å². The molecule has 2 saturated heterocycles. The highest BCUT2D eigenvalue weighted by Gasteiger charge is 2.85. The van der Waals surface area contributed by atoms with Crippen molar-refractivity contribution in [2.75, 3.05) is 52.4 Å². The molecule has 4 aromatic carbocycles. The summed E-state index contributed by atoms with van der Waals surface area (Å²) in [5, 5.41) is 0. The summed E-state index contributed by atoms with van der Waals surface area (Å²) in [5.74, 6) is -31.9. The smallest absolute Gasteiger partial charge is 0.335 e. The summed E-state index contributed by atoms with van der Waals surface area (Å²) in [4.78, 5) is 29.9. The van der Waals surface area contributed by atoms with E-state index in [1.807, 2.05) is 58.3 Å². The van der Waals surface area contributed by atoms with Crippen LogP contribution in [0.4, 0.5) is 35.1 Å². The molecule has 4 aromatic rings. The molecule has 0 bridgehead atoms. The number of carbonyl (C=O) groups is 2. The van der Waals surface area contributed by atoms with Crippen molar-refractivity contribution in [3.63, 3.8) is 0 Å². The molecule has 0 radical (unpaired) electrons. The Balaban J connectivity index is 1.13. The van der Waals surface area contributed by atoms with Gasteiger partial charge in [-0.3, -0.25) is 19.4 Å². The Hall–Kier alpha value is -4.82. The summed E-state index contributed by atoms with van der Waals surface area (Å²) in [6, 6.07) is 35.4. The lowest BCUT2D eigenvalue weighted by Crippen LogP contribution is -2.70. The normalized spacial score (nSPS) is 16.9. The molecule has 2 fully saturated rings. The molecular weight excluding hydrogens is 720 g/mol. The van der Waals surface area contributed by atoms with E-state index in [9.17, 15) is 9.59 Å². The van der Waals surface area contributed by atoms with Gasteiger partial charge < -0.3 is 9.80 Å². The number of alkyl halides is 8. The van der Waals surface area contributed by atoms with Crippen LogP contribution in [0.3, 0.4) is 0 Å². The molecule has 0 unspecified atom stereocenters. The molecule has 2 aliphatic rings. The van der Waals surface area contributed by atoms with Crippen LogP contribution in [0.25, 0.3) is 0 Å². The van der Waals surface area contributed by atoms with Crippen molar-refractivity contribution in [2.45, 2.75) is 35.8 Å². The number of piperazine rings is 2. The van der Waals surface area contributed by atoms with Crippen molar-refractivity contribution in [2.24, 2.45) is 0 Å². The highest BCUT2D eigenvalue weighted by molar-refractivity contribution is 5.87. The molecule has 0 N–H and O–H groups in total. The third-order valence-corrected chi connectivity index (χ3v) is 10.1. The molecule has 0 saturated carbocycles. The number of benzene rings is 4. The molecular formula is C40H38F8N4O2. The highest BCUT2D eigenvalue weighted by atomic mass is 19.4. The fourth-order valence-corrected chi connectivity index (χ4v) is 7.20. The van der Waals surface area contributed by atoms with Crippen LogP contribution in [0.5, 0.6) is 0 Å². The van der Waals surface area contributed by atoms with Gasteiger partial charge in [-0.2, -0.15) is 35.1 Å². The van der Waals surface area contributed by atoms with E-state index < -0.39 is 73.8 Å². The maximum absolute atomic E-state index is 15.3. The van der Waals surface area contributed by atoms with Crippen LogP contribution >= 0.6 is 0 Å². The summed E-state index contributed by atoms with van der Waals surface area (Å²) >= 11 is 0. The first-order valence-electron chi connectivity index (χ1n) is 17.5. The number of amides is 2. The van der Waals surface area contributed by atoms with Crippen LogP contribution in [-0.4, -0.2) is 107 Å². The number of halogens is 8. The second-order valence-corrected chi connectivity index (χ2v) is 13.4. The first-order valence-corrected chi connectivity index (χ1v) is 17.5. The number of hydrogen-bond acceptors (Lipinski definition) is 4. The summed E-state index contributed by atoms with van der Waals surface area (Å²) in [6.07, 6.45) is 0. The molecule has 286 valence electrons. The van der Waals surface area contributed by atoms with Crippen LogP contribution in [0.1, 0.15) is 34.3 Å². The lowest BCUT2D eigenvalue weighted by atomic mass is 9.95. The predicted octanol–water partition coefficient (Wildman–Crippen LogP) is 7.40. The molecule has 2 aliphatic heterocycles. The zero-order valence-electron chi connectivity index (χ0n) is 29.0. The largest absolute Gasteiger partial charge is 0.392 e. The highest BCUT2D eigenvalue weighted by Crippen LogP contribution is 2.54. The lowest BCUT2D eigenvalue weighted by molar-refractivity contribution is -0.350. The minimum atomic E-state index is -6.93. The molecule has 6 nitrogen and oxygen atoms in total. The van der Waals surface area contributed by atoms with Crippen molar-refractivity contribution in [3.05, 3.63) is 144 Å². The standard InChI is InChI=1S/C40H38F8N4O2/c41-37(42,35(53)51-25-21-49(22-26-51)33(29-13-5-1-6-14-29)30-15-7-2-8-16-30)39(45,46)40(47,48)38(43,44)36(54)52-27-23-50(24-28-52)34(31-17-9-3-10-18-31)32-19-11-4-12-20-32/h1-20,33-34H,21-28H2. The van der Waals surface area contributed by atoms with Gasteiger partial charge >= 0.3 is 23.7 Å². The number of rotatable bonds is 11. The Morgan fingerprint density at radius 2 is 0.611 bits per heavy atom. The van der Waals surface area contributed by atoms with Gasteiger partial charge in [0.2, 0.25) is 0 Å². The van der Waals surface area contributed by atoms with Crippen molar-refractivity contribution >= 4 is 11.8 Å². The lowest BCUT2D eigenvalue weighted by Gasteiger charge is -2.43. The Bertz CT molecular complexity index is 1640. The Kier molecular flexibility index (Phi) is 11.2. The molecule has 0 aliphatic carbocycles. The number of hydrogen-bond donors (Lipinski definition) is 0. The van der Waals surface area contributed by atoms with Crippen LogP contribution in [0.15, 0.2) is 121 Å². The van der Waals surface area contributed by atoms with Crippen LogP contribution < -0.4 is 0 Å². The first kappa shape index (κ1) is 38.9. The molecule has 6 rings (SSSR count). The van der Waals surface area contributed by atoms with E-state index >= 15 is 35.1 Å². The average molecular weight is 759 g/mol. The minimum absolute atomic E-state index is 0.117. The van der Waals surface area contributed by atoms with E-state index in [0.717, 1.165) is 22.3 Å². The predicted molar refractivity (Wildman–Crippen MR) is 186 cm³/mol. The van der Waals surface area contributed by atoms with Crippen molar-refractivity contribution < 1.29 is 44.7 Å². The monoisotopic (exact) mass is 758 g/mol. The van der Waals surface area contributed by atoms with Crippen LogP contribution in [0.2, 0.25) is 0 Å². The van der Waals surface area contributed by atoms with Crippen LogP contribution in [-0.2, 0) is 9.59 Å². The zero-order chi connectivity index (χ0) is 38.7. The van der Waals surface area contributed by atoms with Crippen molar-refractivity contribution in [1.82, 2.24) is 19.6 Å². The van der Waals surface area contributed by atoms with Gasteiger partial charge in [0.15, 0.2) is 0 Å². The van der Waals surface area contributed by atoms with Crippen LogP contribution in [0, 0.1) is 0 Å². The third-order valence-electron chi connectivity index (χ3n) is 10.1. The van der Waals surface area contributed by atoms with Gasteiger partial charge in [0.25, 0.3) is 11.8 Å². The van der Waals surface area contributed by atoms with Gasteiger partial charge in [-0.1, -0.05) is 121 Å². The second-order valence-electron chi connectivity index (χ2n) is 13.4. The summed E-state index contributed by atoms with van der Waals surface area (Å²) in [7, 11) is 0. The Morgan fingerprint density at radius 1 is 0.389 bits per heavy atom. The molecule has 0 aromatic heterocycles. The number of carbonyl (C=O) groups excluding carboxylic acids is 2. The van der Waals surface area contributed by atoms with E-state index in [2.05, 4.69) is 0 Å². The van der Waals surface area contributed by atoms with E-state index in [1.54, 1.807) is 72.8 Å². The molecule has 0 spiro atoms. The van der Waals surface area contributed by atoms with Gasteiger partial charge in [-0.15, -0.1) is 0 Å². The van der Waals surface area contributed by atoms with E-state index in [-0.39, 0.29) is 36.0 Å². The Morgan fingerprint density at radius 3 is 0.833 bits per heavy atom. The summed E-state index contributed by atoms with van der Waals surface area (Å²) in [5.41, 5.74) is 3.28. The average Bonchev–Trinajstić information content (AvgIpc) is 3.19. The Labute approximate surface area is 307 Å². The molecule has 14 heteroatoms. The topological polar surface area (TPSA) is 47.1 Å². The van der Waals surface area contributed by atoms with Gasteiger partial charge in [0.05, 0.1) is 12.1 Å². The quantitative estimate of drug-likeness (QED) is 0.150. The van der Waals surface area contributed by atoms with Gasteiger partial charge in [0.1, 0.15) is 0 Å². The maximum atomic E-state index is 15.3.